The lowest BCUT2D eigenvalue weighted by Crippen LogP contribution is -2.56. The number of piperazine rings is 1. The zero-order valence-electron chi connectivity index (χ0n) is 15.5. The van der Waals surface area contributed by atoms with Gasteiger partial charge in [-0.3, -0.25) is 9.59 Å². The number of hydrogen-bond acceptors (Lipinski definition) is 4. The molecule has 5 nitrogen and oxygen atoms in total. The van der Waals surface area contributed by atoms with E-state index in [0.29, 0.717) is 23.0 Å². The molecule has 3 rings (SSSR count). The van der Waals surface area contributed by atoms with Crippen LogP contribution in [0.2, 0.25) is 5.02 Å². The monoisotopic (exact) mass is 405 g/mol. The van der Waals surface area contributed by atoms with Gasteiger partial charge in [-0.15, -0.1) is 11.3 Å². The minimum atomic E-state index is -0.516. The van der Waals surface area contributed by atoms with Crippen LogP contribution in [0.25, 0.3) is 0 Å². The molecule has 1 aromatic heterocycles. The lowest BCUT2D eigenvalue weighted by Gasteiger charge is -2.38. The highest BCUT2D eigenvalue weighted by Crippen LogP contribution is 2.21. The molecule has 1 atom stereocenters. The Kier molecular flexibility index (Phi) is 6.39. The first-order valence-corrected chi connectivity index (χ1v) is 10.3. The molecule has 1 N–H and O–H groups in total. The molecule has 0 radical (unpaired) electrons. The largest absolute Gasteiger partial charge is 0.368 e. The summed E-state index contributed by atoms with van der Waals surface area (Å²) in [5, 5.41) is 5.48. The second-order valence-corrected chi connectivity index (χ2v) is 8.35. The number of thiophene rings is 1. The summed E-state index contributed by atoms with van der Waals surface area (Å²) in [7, 11) is 0. The minimum Gasteiger partial charge on any atom is -0.368 e. The lowest BCUT2D eigenvalue weighted by molar-refractivity contribution is -0.134. The van der Waals surface area contributed by atoms with E-state index in [1.54, 1.807) is 6.07 Å². The lowest BCUT2D eigenvalue weighted by atomic mass is 10.0. The van der Waals surface area contributed by atoms with Crippen molar-refractivity contribution in [1.82, 2.24) is 10.2 Å². The van der Waals surface area contributed by atoms with E-state index in [1.807, 2.05) is 54.5 Å². The van der Waals surface area contributed by atoms with E-state index in [0.717, 1.165) is 18.8 Å². The molecule has 144 valence electrons. The van der Waals surface area contributed by atoms with E-state index < -0.39 is 6.04 Å². The standard InChI is InChI=1S/C20H24ClN3O2S/c1-14(2)18(22-19(25)17-7-4-12-27-17)20(26)24-10-8-23(9-11-24)16-6-3-5-15(21)13-16/h3-7,12-14,18H,8-11H2,1-2H3,(H,22,25)/t18-/m0/s1. The van der Waals surface area contributed by atoms with Crippen LogP contribution in [0.4, 0.5) is 5.69 Å². The molecule has 0 saturated carbocycles. The van der Waals surface area contributed by atoms with Crippen LogP contribution in [0, 0.1) is 5.92 Å². The molecule has 1 fully saturated rings. The van der Waals surface area contributed by atoms with Gasteiger partial charge in [-0.05, 0) is 35.6 Å². The van der Waals surface area contributed by atoms with E-state index in [1.165, 1.54) is 11.3 Å². The van der Waals surface area contributed by atoms with Crippen molar-refractivity contribution < 1.29 is 9.59 Å². The van der Waals surface area contributed by atoms with Crippen molar-refractivity contribution in [2.24, 2.45) is 5.92 Å². The Morgan fingerprint density at radius 3 is 2.44 bits per heavy atom. The van der Waals surface area contributed by atoms with Crippen LogP contribution in [0.15, 0.2) is 41.8 Å². The van der Waals surface area contributed by atoms with Crippen molar-refractivity contribution in [3.05, 3.63) is 51.7 Å². The van der Waals surface area contributed by atoms with Crippen LogP contribution in [-0.4, -0.2) is 48.9 Å². The van der Waals surface area contributed by atoms with Gasteiger partial charge in [-0.25, -0.2) is 0 Å². The molecule has 1 aliphatic rings. The van der Waals surface area contributed by atoms with Crippen LogP contribution in [0.1, 0.15) is 23.5 Å². The SMILES string of the molecule is CC(C)[C@H](NC(=O)c1cccs1)C(=O)N1CCN(c2cccc(Cl)c2)CC1. The average molecular weight is 406 g/mol. The van der Waals surface area contributed by atoms with Gasteiger partial charge < -0.3 is 15.1 Å². The highest BCUT2D eigenvalue weighted by Gasteiger charge is 2.31. The number of nitrogens with one attached hydrogen (secondary N) is 1. The Balaban J connectivity index is 1.61. The Bertz CT molecular complexity index is 786. The Morgan fingerprint density at radius 2 is 1.85 bits per heavy atom. The number of carbonyl (C=O) groups is 2. The second-order valence-electron chi connectivity index (χ2n) is 6.96. The number of rotatable bonds is 5. The number of anilines is 1. The fraction of sp³-hybridized carbons (Fsp3) is 0.400. The minimum absolute atomic E-state index is 0.0133. The molecule has 1 aromatic carbocycles. The summed E-state index contributed by atoms with van der Waals surface area (Å²) in [6.07, 6.45) is 0. The second kappa shape index (κ2) is 8.76. The molecule has 2 amide bonds. The predicted octanol–water partition coefficient (Wildman–Crippen LogP) is 3.50. The number of halogens is 1. The zero-order chi connectivity index (χ0) is 19.4. The maximum absolute atomic E-state index is 13.0. The van der Waals surface area contributed by atoms with Gasteiger partial charge in [0.25, 0.3) is 5.91 Å². The number of amides is 2. The van der Waals surface area contributed by atoms with Gasteiger partial charge in [0.15, 0.2) is 0 Å². The van der Waals surface area contributed by atoms with Crippen molar-refractivity contribution in [3.63, 3.8) is 0 Å². The predicted molar refractivity (Wildman–Crippen MR) is 111 cm³/mol. The van der Waals surface area contributed by atoms with Crippen molar-refractivity contribution >= 4 is 40.4 Å². The third-order valence-electron chi connectivity index (χ3n) is 4.73. The van der Waals surface area contributed by atoms with Gasteiger partial charge in [0.1, 0.15) is 6.04 Å². The van der Waals surface area contributed by atoms with E-state index in [2.05, 4.69) is 10.2 Å². The highest BCUT2D eigenvalue weighted by molar-refractivity contribution is 7.12. The van der Waals surface area contributed by atoms with Crippen LogP contribution in [0.3, 0.4) is 0 Å². The maximum Gasteiger partial charge on any atom is 0.262 e. The molecule has 27 heavy (non-hydrogen) atoms. The van der Waals surface area contributed by atoms with Crippen LogP contribution in [-0.2, 0) is 4.79 Å². The molecule has 2 heterocycles. The molecule has 7 heteroatoms. The topological polar surface area (TPSA) is 52.7 Å². The fourth-order valence-corrected chi connectivity index (χ4v) is 4.00. The third-order valence-corrected chi connectivity index (χ3v) is 5.83. The smallest absolute Gasteiger partial charge is 0.262 e. The van der Waals surface area contributed by atoms with Crippen LogP contribution < -0.4 is 10.2 Å². The molecular formula is C20H24ClN3O2S. The molecular weight excluding hydrogens is 382 g/mol. The number of nitrogens with zero attached hydrogens (tertiary/aromatic N) is 2. The van der Waals surface area contributed by atoms with E-state index in [4.69, 9.17) is 11.6 Å². The van der Waals surface area contributed by atoms with Gasteiger partial charge in [-0.1, -0.05) is 37.6 Å². The Morgan fingerprint density at radius 1 is 1.11 bits per heavy atom. The van der Waals surface area contributed by atoms with E-state index >= 15 is 0 Å². The highest BCUT2D eigenvalue weighted by atomic mass is 35.5. The first kappa shape index (κ1) is 19.7. The van der Waals surface area contributed by atoms with Gasteiger partial charge in [0.2, 0.25) is 5.91 Å². The summed E-state index contributed by atoms with van der Waals surface area (Å²) in [5.41, 5.74) is 1.07. The van der Waals surface area contributed by atoms with E-state index in [-0.39, 0.29) is 17.7 Å². The van der Waals surface area contributed by atoms with Gasteiger partial charge in [0.05, 0.1) is 4.88 Å². The van der Waals surface area contributed by atoms with Crippen molar-refractivity contribution in [3.8, 4) is 0 Å². The third kappa shape index (κ3) is 4.82. The summed E-state index contributed by atoms with van der Waals surface area (Å²) in [4.78, 5) is 30.1. The molecule has 0 aliphatic carbocycles. The summed E-state index contributed by atoms with van der Waals surface area (Å²) in [6.45, 7) is 6.66. The van der Waals surface area contributed by atoms with Crippen molar-refractivity contribution in [2.45, 2.75) is 19.9 Å². The summed E-state index contributed by atoms with van der Waals surface area (Å²) >= 11 is 7.46. The molecule has 0 spiro atoms. The van der Waals surface area contributed by atoms with Crippen LogP contribution >= 0.6 is 22.9 Å². The molecule has 1 saturated heterocycles. The zero-order valence-corrected chi connectivity index (χ0v) is 17.1. The first-order chi connectivity index (χ1) is 13.0. The number of hydrogen-bond donors (Lipinski definition) is 1. The molecule has 2 aromatic rings. The normalized spacial score (nSPS) is 15.7. The van der Waals surface area contributed by atoms with Gasteiger partial charge >= 0.3 is 0 Å². The molecule has 0 bridgehead atoms. The summed E-state index contributed by atoms with van der Waals surface area (Å²) in [5.74, 6) is -0.178. The number of benzene rings is 1. The maximum atomic E-state index is 13.0. The number of carbonyl (C=O) groups excluding carboxylic acids is 2. The molecule has 0 unspecified atom stereocenters. The molecule has 1 aliphatic heterocycles. The summed E-state index contributed by atoms with van der Waals surface area (Å²) in [6, 6.07) is 10.8. The van der Waals surface area contributed by atoms with Gasteiger partial charge in [-0.2, -0.15) is 0 Å². The summed E-state index contributed by atoms with van der Waals surface area (Å²) < 4.78 is 0. The average Bonchev–Trinajstić information content (AvgIpc) is 3.20. The van der Waals surface area contributed by atoms with E-state index in [9.17, 15) is 9.59 Å². The van der Waals surface area contributed by atoms with Crippen molar-refractivity contribution in [2.75, 3.05) is 31.1 Å². The Hall–Kier alpha value is -2.05. The van der Waals surface area contributed by atoms with Gasteiger partial charge in [0, 0.05) is 36.9 Å². The van der Waals surface area contributed by atoms with Crippen molar-refractivity contribution in [1.29, 1.82) is 0 Å². The quantitative estimate of drug-likeness (QED) is 0.828. The Labute approximate surface area is 168 Å². The first-order valence-electron chi connectivity index (χ1n) is 9.09. The van der Waals surface area contributed by atoms with Crippen LogP contribution in [0.5, 0.6) is 0 Å². The fourth-order valence-electron chi connectivity index (χ4n) is 3.19.